The van der Waals surface area contributed by atoms with Gasteiger partial charge in [-0.25, -0.2) is 0 Å². The Morgan fingerprint density at radius 1 is 0.667 bits per heavy atom. The summed E-state index contributed by atoms with van der Waals surface area (Å²) >= 11 is 0. The van der Waals surface area contributed by atoms with E-state index in [1.807, 2.05) is 0 Å². The summed E-state index contributed by atoms with van der Waals surface area (Å²) in [7, 11) is 2.28. The van der Waals surface area contributed by atoms with Crippen molar-refractivity contribution in [1.29, 1.82) is 0 Å². The summed E-state index contributed by atoms with van der Waals surface area (Å²) in [5.41, 5.74) is 0.730. The van der Waals surface area contributed by atoms with Gasteiger partial charge in [0.25, 0.3) is 0 Å². The van der Waals surface area contributed by atoms with Crippen LogP contribution in [0.3, 0.4) is 0 Å². The third-order valence-electron chi connectivity index (χ3n) is 10.9. The van der Waals surface area contributed by atoms with Gasteiger partial charge in [0, 0.05) is 19.1 Å². The van der Waals surface area contributed by atoms with E-state index in [0.29, 0.717) is 0 Å². The van der Waals surface area contributed by atoms with E-state index in [2.05, 4.69) is 40.5 Å². The molecule has 4 saturated heterocycles. The first-order chi connectivity index (χ1) is 16.0. The van der Waals surface area contributed by atoms with Crippen LogP contribution in [0.25, 0.3) is 0 Å². The Morgan fingerprint density at radius 3 is 1.73 bits per heavy atom. The van der Waals surface area contributed by atoms with Crippen LogP contribution in [0.5, 0.6) is 0 Å². The molecule has 4 aliphatic heterocycles. The fourth-order valence-corrected chi connectivity index (χ4v) is 8.09. The third kappa shape index (κ3) is 6.16. The molecular weight excluding hydrogens is 404 g/mol. The minimum atomic E-state index is 0.730. The average molecular weight is 459 g/mol. The second-order valence-electron chi connectivity index (χ2n) is 13.5. The van der Waals surface area contributed by atoms with Crippen LogP contribution in [0.4, 0.5) is 0 Å². The average Bonchev–Trinajstić information content (AvgIpc) is 2.81. The van der Waals surface area contributed by atoms with Crippen molar-refractivity contribution in [3.05, 3.63) is 0 Å². The van der Waals surface area contributed by atoms with Crippen LogP contribution < -0.4 is 0 Å². The highest BCUT2D eigenvalue weighted by Gasteiger charge is 2.48. The molecular formula is C29H54N4. The lowest BCUT2D eigenvalue weighted by atomic mass is 9.59. The molecule has 0 N–H and O–H groups in total. The summed E-state index contributed by atoms with van der Waals surface area (Å²) in [5, 5.41) is 0. The molecule has 5 fully saturated rings. The van der Waals surface area contributed by atoms with Crippen LogP contribution >= 0.6 is 0 Å². The van der Waals surface area contributed by atoms with Crippen molar-refractivity contribution in [3.63, 3.8) is 0 Å². The Hall–Kier alpha value is -0.160. The van der Waals surface area contributed by atoms with Crippen LogP contribution in [0.1, 0.15) is 78.1 Å². The van der Waals surface area contributed by atoms with Crippen molar-refractivity contribution in [2.45, 2.75) is 84.1 Å². The third-order valence-corrected chi connectivity index (χ3v) is 10.9. The molecule has 0 bridgehead atoms. The fourth-order valence-electron chi connectivity index (χ4n) is 8.09. The van der Waals surface area contributed by atoms with Gasteiger partial charge in [0.1, 0.15) is 0 Å². The molecule has 0 atom stereocenters. The van der Waals surface area contributed by atoms with Crippen LogP contribution in [-0.4, -0.2) is 98.1 Å². The van der Waals surface area contributed by atoms with Gasteiger partial charge in [-0.05, 0) is 153 Å². The summed E-state index contributed by atoms with van der Waals surface area (Å²) in [6.45, 7) is 18.5. The SMILES string of the molecule is CC(C)C1CCN(C2CC3(CCN(CC4CCN(CC5CCN(C)CC5)CC4)CC3)C2)CC1. The zero-order valence-corrected chi connectivity index (χ0v) is 22.3. The van der Waals surface area contributed by atoms with Gasteiger partial charge < -0.3 is 19.6 Å². The van der Waals surface area contributed by atoms with Gasteiger partial charge in [0.15, 0.2) is 0 Å². The van der Waals surface area contributed by atoms with E-state index in [1.165, 1.54) is 130 Å². The van der Waals surface area contributed by atoms with Gasteiger partial charge in [0.05, 0.1) is 0 Å². The van der Waals surface area contributed by atoms with E-state index in [1.54, 1.807) is 0 Å². The normalized spacial score (nSPS) is 30.9. The first-order valence-corrected chi connectivity index (χ1v) is 14.9. The first kappa shape index (κ1) is 24.5. The topological polar surface area (TPSA) is 13.0 Å². The molecule has 0 aromatic heterocycles. The summed E-state index contributed by atoms with van der Waals surface area (Å²) in [6.07, 6.45) is 14.6. The molecule has 190 valence electrons. The van der Waals surface area contributed by atoms with E-state index >= 15 is 0 Å². The van der Waals surface area contributed by atoms with Crippen molar-refractivity contribution in [2.24, 2.45) is 29.1 Å². The molecule has 1 spiro atoms. The lowest BCUT2D eigenvalue weighted by molar-refractivity contribution is -0.0561. The highest BCUT2D eigenvalue weighted by molar-refractivity contribution is 5.02. The maximum atomic E-state index is 2.87. The lowest BCUT2D eigenvalue weighted by Crippen LogP contribution is -2.56. The predicted octanol–water partition coefficient (Wildman–Crippen LogP) is 4.65. The Labute approximate surface area is 205 Å². The standard InChI is InChI=1S/C29H54N4/c1-24(2)27-8-16-33(17-9-27)28-20-29(21-28)10-18-32(19-11-29)23-26-6-14-31(15-7-26)22-25-4-12-30(3)13-5-25/h24-28H,4-23H2,1-3H3. The first-order valence-electron chi connectivity index (χ1n) is 14.9. The Balaban J connectivity index is 0.960. The minimum Gasteiger partial charge on any atom is -0.306 e. The zero-order valence-electron chi connectivity index (χ0n) is 22.3. The molecule has 1 saturated carbocycles. The molecule has 5 aliphatic rings. The summed E-state index contributed by atoms with van der Waals surface area (Å²) in [5.74, 6) is 3.79. The van der Waals surface area contributed by atoms with E-state index in [-0.39, 0.29) is 0 Å². The van der Waals surface area contributed by atoms with E-state index in [4.69, 9.17) is 0 Å². The van der Waals surface area contributed by atoms with Crippen molar-refractivity contribution in [2.75, 3.05) is 72.5 Å². The molecule has 4 heterocycles. The van der Waals surface area contributed by atoms with Crippen molar-refractivity contribution >= 4 is 0 Å². The maximum absolute atomic E-state index is 2.87. The zero-order chi connectivity index (χ0) is 22.8. The lowest BCUT2D eigenvalue weighted by Gasteiger charge is -2.56. The number of likely N-dealkylation sites (tertiary alicyclic amines) is 4. The van der Waals surface area contributed by atoms with Gasteiger partial charge in [-0.2, -0.15) is 0 Å². The molecule has 0 aromatic carbocycles. The van der Waals surface area contributed by atoms with E-state index < -0.39 is 0 Å². The van der Waals surface area contributed by atoms with Gasteiger partial charge >= 0.3 is 0 Å². The van der Waals surface area contributed by atoms with E-state index in [0.717, 1.165) is 35.1 Å². The van der Waals surface area contributed by atoms with Gasteiger partial charge in [-0.15, -0.1) is 0 Å². The van der Waals surface area contributed by atoms with Gasteiger partial charge in [-0.1, -0.05) is 13.8 Å². The minimum absolute atomic E-state index is 0.730. The second kappa shape index (κ2) is 10.8. The predicted molar refractivity (Wildman–Crippen MR) is 140 cm³/mol. The molecule has 0 aromatic rings. The molecule has 33 heavy (non-hydrogen) atoms. The number of nitrogens with zero attached hydrogens (tertiary/aromatic N) is 4. The molecule has 1 aliphatic carbocycles. The molecule has 4 nitrogen and oxygen atoms in total. The molecule has 5 rings (SSSR count). The number of hydrogen-bond donors (Lipinski definition) is 0. The monoisotopic (exact) mass is 458 g/mol. The van der Waals surface area contributed by atoms with Crippen LogP contribution in [-0.2, 0) is 0 Å². The Kier molecular flexibility index (Phi) is 8.06. The van der Waals surface area contributed by atoms with Crippen LogP contribution in [0.2, 0.25) is 0 Å². The summed E-state index contributed by atoms with van der Waals surface area (Å²) in [4.78, 5) is 11.0. The molecule has 0 unspecified atom stereocenters. The quantitative estimate of drug-likeness (QED) is 0.574. The fraction of sp³-hybridized carbons (Fsp3) is 1.00. The molecule has 0 amide bonds. The smallest absolute Gasteiger partial charge is 0.0106 e. The van der Waals surface area contributed by atoms with E-state index in [9.17, 15) is 0 Å². The number of rotatable bonds is 6. The number of hydrogen-bond acceptors (Lipinski definition) is 4. The van der Waals surface area contributed by atoms with Gasteiger partial charge in [0.2, 0.25) is 0 Å². The van der Waals surface area contributed by atoms with Crippen LogP contribution in [0.15, 0.2) is 0 Å². The summed E-state index contributed by atoms with van der Waals surface area (Å²) in [6, 6.07) is 0.929. The Bertz CT molecular complexity index is 581. The molecule has 0 radical (unpaired) electrons. The largest absolute Gasteiger partial charge is 0.306 e. The maximum Gasteiger partial charge on any atom is 0.0106 e. The highest BCUT2D eigenvalue weighted by Crippen LogP contribution is 2.51. The van der Waals surface area contributed by atoms with Crippen LogP contribution in [0, 0.1) is 29.1 Å². The number of piperidine rings is 4. The van der Waals surface area contributed by atoms with Crippen molar-refractivity contribution in [1.82, 2.24) is 19.6 Å². The second-order valence-corrected chi connectivity index (χ2v) is 13.5. The van der Waals surface area contributed by atoms with Gasteiger partial charge in [-0.3, -0.25) is 0 Å². The van der Waals surface area contributed by atoms with Crippen molar-refractivity contribution < 1.29 is 0 Å². The summed E-state index contributed by atoms with van der Waals surface area (Å²) < 4.78 is 0. The Morgan fingerprint density at radius 2 is 1.18 bits per heavy atom. The molecule has 4 heteroatoms. The highest BCUT2D eigenvalue weighted by atomic mass is 15.2. The van der Waals surface area contributed by atoms with Crippen molar-refractivity contribution in [3.8, 4) is 0 Å².